The van der Waals surface area contributed by atoms with Crippen LogP contribution in [0.1, 0.15) is 31.4 Å². The smallest absolute Gasteiger partial charge is 0.240 e. The maximum atomic E-state index is 12.4. The Morgan fingerprint density at radius 1 is 1.31 bits per heavy atom. The van der Waals surface area contributed by atoms with Crippen molar-refractivity contribution in [3.8, 4) is 5.75 Å². The number of ether oxygens (including phenoxy) is 1. The predicted molar refractivity (Wildman–Crippen MR) is 111 cm³/mol. The number of hydrogen-bond donors (Lipinski definition) is 3. The molecule has 0 aliphatic heterocycles. The molecule has 0 atom stereocenters. The van der Waals surface area contributed by atoms with Crippen molar-refractivity contribution in [2.45, 2.75) is 50.0 Å². The Bertz CT molecular complexity index is 849. The minimum absolute atomic E-state index is 0.0756. The molecule has 0 radical (unpaired) electrons. The van der Waals surface area contributed by atoms with Gasteiger partial charge in [-0.1, -0.05) is 30.7 Å². The van der Waals surface area contributed by atoms with Gasteiger partial charge in [-0.15, -0.1) is 0 Å². The molecule has 1 aromatic heterocycles. The van der Waals surface area contributed by atoms with Gasteiger partial charge in [0.1, 0.15) is 12.3 Å². The lowest BCUT2D eigenvalue weighted by molar-refractivity contribution is -0.122. The Morgan fingerprint density at radius 2 is 2.10 bits per heavy atom. The molecule has 2 aromatic rings. The van der Waals surface area contributed by atoms with E-state index in [4.69, 9.17) is 4.74 Å². The maximum Gasteiger partial charge on any atom is 0.240 e. The zero-order chi connectivity index (χ0) is 20.6. The number of carbonyl (C=O) groups excluding carboxylic acids is 2. The Balaban J connectivity index is 1.57. The number of aromatic nitrogens is 2. The van der Waals surface area contributed by atoms with Gasteiger partial charge in [-0.2, -0.15) is 0 Å². The van der Waals surface area contributed by atoms with E-state index < -0.39 is 0 Å². The molecule has 0 spiro atoms. The van der Waals surface area contributed by atoms with Gasteiger partial charge in [0, 0.05) is 17.8 Å². The summed E-state index contributed by atoms with van der Waals surface area (Å²) in [5.74, 6) is 0.487. The lowest BCUT2D eigenvalue weighted by Crippen LogP contribution is -2.35. The largest absolute Gasteiger partial charge is 0.497 e. The van der Waals surface area contributed by atoms with Gasteiger partial charge in [0.2, 0.25) is 11.8 Å². The molecule has 1 aliphatic rings. The van der Waals surface area contributed by atoms with E-state index >= 15 is 0 Å². The number of benzene rings is 1. The maximum absolute atomic E-state index is 12.4. The predicted octanol–water partition coefficient (Wildman–Crippen LogP) is 2.17. The number of rotatable bonds is 9. The van der Waals surface area contributed by atoms with Crippen LogP contribution < -0.4 is 15.4 Å². The van der Waals surface area contributed by atoms with Gasteiger partial charge in [0.05, 0.1) is 31.4 Å². The van der Waals surface area contributed by atoms with E-state index in [0.29, 0.717) is 22.3 Å². The molecule has 0 saturated heterocycles. The molecule has 1 aromatic carbocycles. The molecule has 1 aliphatic carbocycles. The minimum Gasteiger partial charge on any atom is -0.497 e. The van der Waals surface area contributed by atoms with Crippen molar-refractivity contribution in [3.63, 3.8) is 0 Å². The van der Waals surface area contributed by atoms with E-state index in [0.717, 1.165) is 25.7 Å². The lowest BCUT2D eigenvalue weighted by Gasteiger charge is -2.14. The molecule has 1 fully saturated rings. The van der Waals surface area contributed by atoms with E-state index in [9.17, 15) is 14.7 Å². The lowest BCUT2D eigenvalue weighted by atomic mass is 10.2. The molecule has 0 bridgehead atoms. The Labute approximate surface area is 174 Å². The average molecular weight is 419 g/mol. The van der Waals surface area contributed by atoms with Gasteiger partial charge in [0.25, 0.3) is 0 Å². The number of nitrogens with one attached hydrogen (secondary N) is 2. The molecule has 8 nitrogen and oxygen atoms in total. The van der Waals surface area contributed by atoms with Crippen molar-refractivity contribution in [1.29, 1.82) is 0 Å². The Kier molecular flexibility index (Phi) is 7.54. The monoisotopic (exact) mass is 418 g/mol. The summed E-state index contributed by atoms with van der Waals surface area (Å²) < 4.78 is 6.81. The van der Waals surface area contributed by atoms with E-state index in [-0.39, 0.29) is 36.8 Å². The summed E-state index contributed by atoms with van der Waals surface area (Å²) in [4.78, 5) is 28.9. The fraction of sp³-hybridized carbons (Fsp3) is 0.450. The fourth-order valence-electron chi connectivity index (χ4n) is 3.32. The van der Waals surface area contributed by atoms with Crippen molar-refractivity contribution < 1.29 is 19.4 Å². The molecule has 1 saturated carbocycles. The van der Waals surface area contributed by atoms with Gasteiger partial charge < -0.3 is 25.0 Å². The van der Waals surface area contributed by atoms with Crippen LogP contribution in [0, 0.1) is 0 Å². The van der Waals surface area contributed by atoms with Crippen molar-refractivity contribution in [2.24, 2.45) is 0 Å². The number of carbonyl (C=O) groups is 2. The fourth-order valence-corrected chi connectivity index (χ4v) is 4.11. The third-order valence-electron chi connectivity index (χ3n) is 4.77. The molecule has 2 amide bonds. The number of hydrogen-bond acceptors (Lipinski definition) is 6. The van der Waals surface area contributed by atoms with Crippen molar-refractivity contribution in [2.75, 3.05) is 18.2 Å². The van der Waals surface area contributed by atoms with E-state index in [1.165, 1.54) is 18.0 Å². The first-order valence-electron chi connectivity index (χ1n) is 9.60. The van der Waals surface area contributed by atoms with Crippen LogP contribution in [0.15, 0.2) is 35.6 Å². The van der Waals surface area contributed by atoms with Crippen LogP contribution in [0.2, 0.25) is 0 Å². The second-order valence-electron chi connectivity index (χ2n) is 6.89. The number of amides is 2. The number of aliphatic hydroxyl groups is 1. The normalized spacial score (nSPS) is 14.0. The van der Waals surface area contributed by atoms with Crippen molar-refractivity contribution in [3.05, 3.63) is 36.2 Å². The molecule has 9 heteroatoms. The third-order valence-corrected chi connectivity index (χ3v) is 5.76. The summed E-state index contributed by atoms with van der Waals surface area (Å²) in [5.41, 5.74) is 1.19. The number of anilines is 1. The van der Waals surface area contributed by atoms with E-state index in [1.807, 2.05) is 0 Å². The van der Waals surface area contributed by atoms with Crippen molar-refractivity contribution >= 4 is 29.3 Å². The third kappa shape index (κ3) is 5.98. The van der Waals surface area contributed by atoms with Crippen molar-refractivity contribution in [1.82, 2.24) is 14.9 Å². The number of thioether (sulfide) groups is 1. The number of imidazole rings is 1. The Hall–Kier alpha value is -2.52. The molecule has 29 heavy (non-hydrogen) atoms. The highest BCUT2D eigenvalue weighted by molar-refractivity contribution is 7.99. The van der Waals surface area contributed by atoms with Crippen LogP contribution >= 0.6 is 11.8 Å². The Morgan fingerprint density at radius 3 is 2.83 bits per heavy atom. The second-order valence-corrected chi connectivity index (χ2v) is 7.84. The number of nitrogens with zero attached hydrogens (tertiary/aromatic N) is 2. The number of methoxy groups -OCH3 is 1. The number of aliphatic hydroxyl groups excluding tert-OH is 1. The van der Waals surface area contributed by atoms with Crippen LogP contribution in [-0.4, -0.2) is 45.4 Å². The highest BCUT2D eigenvalue weighted by atomic mass is 32.2. The molecular weight excluding hydrogens is 392 g/mol. The molecular formula is C20H26N4O4S. The van der Waals surface area contributed by atoms with Gasteiger partial charge in [0.15, 0.2) is 5.16 Å². The first kappa shape index (κ1) is 21.2. The summed E-state index contributed by atoms with van der Waals surface area (Å²) in [7, 11) is 1.57. The van der Waals surface area contributed by atoms with Gasteiger partial charge >= 0.3 is 0 Å². The molecule has 3 N–H and O–H groups in total. The second kappa shape index (κ2) is 10.3. The van der Waals surface area contributed by atoms with Crippen LogP contribution in [0.25, 0.3) is 0 Å². The minimum atomic E-state index is -0.222. The van der Waals surface area contributed by atoms with E-state index in [1.54, 1.807) is 35.9 Å². The SMILES string of the molecule is COc1cccc(NC(=O)CSc2ncc(CO)n2CC(=O)NC2CCCC2)c1. The zero-order valence-corrected chi connectivity index (χ0v) is 17.2. The highest BCUT2D eigenvalue weighted by Crippen LogP contribution is 2.21. The topological polar surface area (TPSA) is 105 Å². The summed E-state index contributed by atoms with van der Waals surface area (Å²) >= 11 is 1.22. The average Bonchev–Trinajstić information content (AvgIpc) is 3.36. The summed E-state index contributed by atoms with van der Waals surface area (Å²) in [6, 6.07) is 7.34. The summed E-state index contributed by atoms with van der Waals surface area (Å²) in [6.45, 7) is -0.146. The van der Waals surface area contributed by atoms with Crippen LogP contribution in [0.4, 0.5) is 5.69 Å². The summed E-state index contributed by atoms with van der Waals surface area (Å²) in [5, 5.41) is 15.9. The molecule has 3 rings (SSSR count). The summed E-state index contributed by atoms with van der Waals surface area (Å²) in [6.07, 6.45) is 5.83. The molecule has 0 unspecified atom stereocenters. The zero-order valence-electron chi connectivity index (χ0n) is 16.4. The van der Waals surface area contributed by atoms with Gasteiger partial charge in [-0.3, -0.25) is 9.59 Å². The van der Waals surface area contributed by atoms with Crippen LogP contribution in [0.3, 0.4) is 0 Å². The van der Waals surface area contributed by atoms with E-state index in [2.05, 4.69) is 15.6 Å². The highest BCUT2D eigenvalue weighted by Gasteiger charge is 2.19. The quantitative estimate of drug-likeness (QED) is 0.539. The van der Waals surface area contributed by atoms with Crippen LogP contribution in [-0.2, 0) is 22.7 Å². The van der Waals surface area contributed by atoms with Gasteiger partial charge in [-0.05, 0) is 25.0 Å². The molecule has 1 heterocycles. The van der Waals surface area contributed by atoms with Gasteiger partial charge in [-0.25, -0.2) is 4.98 Å². The van der Waals surface area contributed by atoms with Crippen LogP contribution in [0.5, 0.6) is 5.75 Å². The molecule has 156 valence electrons. The standard InChI is InChI=1S/C20H26N4O4S/c1-28-17-8-4-7-15(9-17)23-19(27)13-29-20-21-10-16(12-25)24(20)11-18(26)22-14-5-2-3-6-14/h4,7-10,14,25H,2-3,5-6,11-13H2,1H3,(H,22,26)(H,23,27). The first-order chi connectivity index (χ1) is 14.1. The first-order valence-corrected chi connectivity index (χ1v) is 10.6.